The summed E-state index contributed by atoms with van der Waals surface area (Å²) < 4.78 is 6.21. The highest BCUT2D eigenvalue weighted by atomic mass is 16.6. The van der Waals surface area contributed by atoms with Crippen LogP contribution < -0.4 is 21.7 Å². The summed E-state index contributed by atoms with van der Waals surface area (Å²) in [6.07, 6.45) is 17.0. The number of carboxylic acids is 1. The van der Waals surface area contributed by atoms with E-state index in [1.165, 1.54) is 74.8 Å². The summed E-state index contributed by atoms with van der Waals surface area (Å²) in [5.74, 6) is 1.03. The van der Waals surface area contributed by atoms with Gasteiger partial charge in [0.1, 0.15) is 29.4 Å². The Hall–Kier alpha value is -5.24. The summed E-state index contributed by atoms with van der Waals surface area (Å²) in [6, 6.07) is 9.89. The highest BCUT2D eigenvalue weighted by Gasteiger charge is 2.59. The lowest BCUT2D eigenvalue weighted by molar-refractivity contribution is -0.142. The summed E-state index contributed by atoms with van der Waals surface area (Å²) >= 11 is 0. The molecule has 4 fully saturated rings. The molecule has 5 aliphatic rings. The van der Waals surface area contributed by atoms with Crippen molar-refractivity contribution < 1.29 is 48.8 Å². The average Bonchev–Trinajstić information content (AvgIpc) is 3.96. The quantitative estimate of drug-likeness (QED) is 0.0346. The molecule has 0 heterocycles. The number of carbonyl (C=O) groups excluding carboxylic acids is 5. The van der Waals surface area contributed by atoms with Gasteiger partial charge in [0.25, 0.3) is 0 Å². The number of alkyl carbamates (subject to hydrolysis) is 1. The number of aliphatic carboxylic acids is 1. The van der Waals surface area contributed by atoms with Crippen LogP contribution in [-0.2, 0) is 41.6 Å². The molecule has 0 saturated heterocycles. The zero-order valence-electron chi connectivity index (χ0n) is 47.7. The minimum absolute atomic E-state index is 0.0132. The number of hydrogen-bond donors (Lipinski definition) is 7. The van der Waals surface area contributed by atoms with E-state index in [9.17, 15) is 44.1 Å². The molecule has 14 heteroatoms. The molecule has 0 radical (unpaired) electrons. The molecule has 0 spiro atoms. The third-order valence-electron chi connectivity index (χ3n) is 20.0. The van der Waals surface area contributed by atoms with Crippen LogP contribution in [-0.4, -0.2) is 81.5 Å². The van der Waals surface area contributed by atoms with Crippen molar-refractivity contribution in [2.45, 2.75) is 207 Å². The summed E-state index contributed by atoms with van der Waals surface area (Å²) in [4.78, 5) is 81.1. The molecule has 5 aliphatic carbocycles. The number of unbranched alkanes of at least 4 members (excludes halogenated alkanes) is 1. The van der Waals surface area contributed by atoms with Gasteiger partial charge < -0.3 is 41.7 Å². The Morgan fingerprint density at radius 3 is 2.09 bits per heavy atom. The van der Waals surface area contributed by atoms with Crippen molar-refractivity contribution in [3.05, 3.63) is 71.3 Å². The van der Waals surface area contributed by atoms with Crippen LogP contribution in [0.4, 0.5) is 4.79 Å². The van der Waals surface area contributed by atoms with Gasteiger partial charge in [-0.15, -0.1) is 0 Å². The lowest BCUT2D eigenvalue weighted by Gasteiger charge is -2.58. The molecule has 8 N–H and O–H groups in total. The van der Waals surface area contributed by atoms with Crippen LogP contribution in [0.1, 0.15) is 181 Å². The van der Waals surface area contributed by atoms with Crippen LogP contribution in [0.25, 0.3) is 0 Å². The SMILES string of the molecule is CC(C)CCC[C@@H](C)C1CC[C@H]2[C@@H]3CC=C4CC(OC(=O)NC(Cc5ccc(O)cc5)C(=O)C[C@H](CCCCNC(=O)CCC(=O)C5CCC(C)C(N)C5)C(=O)NC(Cc5ccc(O)cc5)C(=O)O)CC[C@]4(C)[C@H]3CC[C@]12C. The number of Topliss-reactive ketones (excluding diaryl/α,β-unsaturated/α-hetero) is 2. The second-order valence-electron chi connectivity index (χ2n) is 25.7. The maximum absolute atomic E-state index is 14.6. The molecule has 78 heavy (non-hydrogen) atoms. The van der Waals surface area contributed by atoms with Crippen molar-refractivity contribution in [3.63, 3.8) is 0 Å². The first-order valence-corrected chi connectivity index (χ1v) is 30.0. The van der Waals surface area contributed by atoms with Crippen molar-refractivity contribution >= 4 is 35.4 Å². The zero-order valence-corrected chi connectivity index (χ0v) is 47.7. The number of carbonyl (C=O) groups is 6. The van der Waals surface area contributed by atoms with Gasteiger partial charge in [-0.05, 0) is 171 Å². The van der Waals surface area contributed by atoms with Crippen LogP contribution in [0.15, 0.2) is 60.2 Å². The Kier molecular flexibility index (Phi) is 21.1. The van der Waals surface area contributed by atoms with Gasteiger partial charge in [-0.25, -0.2) is 9.59 Å². The fraction of sp³-hybridized carbons (Fsp3) is 0.688. The number of allylic oxidation sites excluding steroid dienone is 1. The molecule has 0 bridgehead atoms. The standard InChI is InChI=1S/C64H94N4O10/c1-39(2)10-9-11-40(3)51-25-26-52-50-24-19-46-38-49(29-31-63(46,5)53(50)30-32-64(51,52)6)78-62(77)68-55(34-42-14-20-47(69)21-15-42)58(72)37-45(60(74)67-56(61(75)76)35-43-16-22-48(70)23-17-43)12-7-8-33-66-59(73)28-27-57(71)44-18-13-41(4)54(65)36-44/h14-17,19-23,39-41,44-45,49-56,69-70H,7-13,18,24-38,65H2,1-6H3,(H,66,73)(H,67,74)(H,68,77)(H,75,76)/t40-,41?,44?,45+,49?,50+,51?,52+,53+,54?,55?,56?,63+,64-/m1/s1. The van der Waals surface area contributed by atoms with Crippen molar-refractivity contribution in [1.82, 2.24) is 16.0 Å². The van der Waals surface area contributed by atoms with E-state index < -0.39 is 41.8 Å². The molecule has 0 aliphatic heterocycles. The number of nitrogens with two attached hydrogens (primary N) is 1. The van der Waals surface area contributed by atoms with Gasteiger partial charge in [0.2, 0.25) is 11.8 Å². The van der Waals surface area contributed by atoms with E-state index in [-0.39, 0.29) is 91.7 Å². The first-order chi connectivity index (χ1) is 37.1. The maximum atomic E-state index is 14.6. The molecule has 3 amide bonds. The molecule has 430 valence electrons. The number of aromatic hydroxyl groups is 2. The molecule has 14 atom stereocenters. The summed E-state index contributed by atoms with van der Waals surface area (Å²) in [7, 11) is 0. The monoisotopic (exact) mass is 1080 g/mol. The Bertz CT molecular complexity index is 2410. The topological polar surface area (TPSA) is 234 Å². The molecular weight excluding hydrogens is 985 g/mol. The van der Waals surface area contributed by atoms with E-state index in [4.69, 9.17) is 10.5 Å². The number of amides is 3. The molecular formula is C64H94N4O10. The molecule has 14 nitrogen and oxygen atoms in total. The largest absolute Gasteiger partial charge is 0.508 e. The number of carboxylic acid groups (broad SMARTS) is 1. The Balaban J connectivity index is 0.984. The van der Waals surface area contributed by atoms with E-state index in [1.54, 1.807) is 24.3 Å². The van der Waals surface area contributed by atoms with Crippen molar-refractivity contribution in [1.29, 1.82) is 0 Å². The van der Waals surface area contributed by atoms with Gasteiger partial charge in [-0.2, -0.15) is 0 Å². The minimum Gasteiger partial charge on any atom is -0.508 e. The number of ether oxygens (including phenoxy) is 1. The summed E-state index contributed by atoms with van der Waals surface area (Å²) in [5, 5.41) is 38.5. The molecule has 7 unspecified atom stereocenters. The number of phenolic OH excluding ortho intramolecular Hbond substituents is 2. The van der Waals surface area contributed by atoms with Gasteiger partial charge in [-0.3, -0.25) is 19.2 Å². The highest BCUT2D eigenvalue weighted by Crippen LogP contribution is 2.67. The maximum Gasteiger partial charge on any atom is 0.408 e. The van der Waals surface area contributed by atoms with Crippen LogP contribution in [0.2, 0.25) is 0 Å². The Labute approximate surface area is 464 Å². The van der Waals surface area contributed by atoms with E-state index >= 15 is 0 Å². The molecule has 2 aromatic carbocycles. The second-order valence-corrected chi connectivity index (χ2v) is 25.7. The van der Waals surface area contributed by atoms with Gasteiger partial charge in [0.05, 0.1) is 6.04 Å². The van der Waals surface area contributed by atoms with Gasteiger partial charge in [-0.1, -0.05) is 103 Å². The number of ketones is 2. The molecule has 0 aromatic heterocycles. The third-order valence-corrected chi connectivity index (χ3v) is 20.0. The minimum atomic E-state index is -1.34. The fourth-order valence-corrected chi connectivity index (χ4v) is 15.2. The smallest absolute Gasteiger partial charge is 0.408 e. The van der Waals surface area contributed by atoms with Gasteiger partial charge in [0, 0.05) is 56.5 Å². The number of nitrogens with one attached hydrogen (secondary N) is 3. The zero-order chi connectivity index (χ0) is 56.3. The number of benzene rings is 2. The first kappa shape index (κ1) is 60.4. The van der Waals surface area contributed by atoms with E-state index in [0.717, 1.165) is 49.4 Å². The third kappa shape index (κ3) is 15.6. The highest BCUT2D eigenvalue weighted by molar-refractivity contribution is 5.93. The normalized spacial score (nSPS) is 29.1. The molecule has 2 aromatic rings. The average molecular weight is 1080 g/mol. The number of rotatable bonds is 26. The van der Waals surface area contributed by atoms with Crippen LogP contribution >= 0.6 is 0 Å². The van der Waals surface area contributed by atoms with Gasteiger partial charge >= 0.3 is 12.1 Å². The van der Waals surface area contributed by atoms with E-state index in [2.05, 4.69) is 63.6 Å². The van der Waals surface area contributed by atoms with Crippen molar-refractivity contribution in [3.8, 4) is 11.5 Å². The second kappa shape index (κ2) is 27.3. The lowest BCUT2D eigenvalue weighted by Crippen LogP contribution is -2.51. The van der Waals surface area contributed by atoms with Crippen molar-refractivity contribution in [2.24, 2.45) is 69.8 Å². The predicted octanol–water partition coefficient (Wildman–Crippen LogP) is 10.9. The van der Waals surface area contributed by atoms with E-state index in [0.29, 0.717) is 66.4 Å². The van der Waals surface area contributed by atoms with Crippen molar-refractivity contribution in [2.75, 3.05) is 6.54 Å². The van der Waals surface area contributed by atoms with Crippen LogP contribution in [0, 0.1) is 64.1 Å². The number of phenols is 2. The first-order valence-electron chi connectivity index (χ1n) is 30.0. The Morgan fingerprint density at radius 2 is 1.44 bits per heavy atom. The van der Waals surface area contributed by atoms with Crippen LogP contribution in [0.3, 0.4) is 0 Å². The summed E-state index contributed by atoms with van der Waals surface area (Å²) in [5.41, 5.74) is 9.27. The van der Waals surface area contributed by atoms with Gasteiger partial charge in [0.15, 0.2) is 5.78 Å². The van der Waals surface area contributed by atoms with E-state index in [1.807, 2.05) is 0 Å². The molecule has 4 saturated carbocycles. The fourth-order valence-electron chi connectivity index (χ4n) is 15.2. The Morgan fingerprint density at radius 1 is 0.756 bits per heavy atom. The molecule has 7 rings (SSSR count). The predicted molar refractivity (Wildman–Crippen MR) is 302 cm³/mol. The number of hydrogen-bond acceptors (Lipinski definition) is 10. The number of fused-ring (bicyclic) bond motifs is 5. The summed E-state index contributed by atoms with van der Waals surface area (Å²) in [6.45, 7) is 14.6. The van der Waals surface area contributed by atoms with Crippen LogP contribution in [0.5, 0.6) is 11.5 Å². The lowest BCUT2D eigenvalue weighted by atomic mass is 9.47.